The Morgan fingerprint density at radius 2 is 2.05 bits per heavy atom. The lowest BCUT2D eigenvalue weighted by Crippen LogP contribution is -2.51. The van der Waals surface area contributed by atoms with Crippen LogP contribution in [0.4, 0.5) is 0 Å². The molecule has 0 radical (unpaired) electrons. The average molecular weight is 270 g/mol. The lowest BCUT2D eigenvalue weighted by molar-refractivity contribution is -0.152. The molecule has 2 aliphatic rings. The first-order chi connectivity index (χ1) is 9.15. The molecule has 2 rings (SSSR count). The summed E-state index contributed by atoms with van der Waals surface area (Å²) < 4.78 is 5.34. The molecule has 3 atom stereocenters. The first-order valence-electron chi connectivity index (χ1n) is 6.93. The first kappa shape index (κ1) is 14.3. The van der Waals surface area contributed by atoms with E-state index >= 15 is 0 Å². The predicted molar refractivity (Wildman–Crippen MR) is 68.8 cm³/mol. The van der Waals surface area contributed by atoms with E-state index in [0.29, 0.717) is 26.2 Å². The molecule has 0 aliphatic carbocycles. The molecule has 2 heterocycles. The molecule has 6 heteroatoms. The van der Waals surface area contributed by atoms with E-state index in [1.54, 1.807) is 11.9 Å². The van der Waals surface area contributed by atoms with Crippen molar-refractivity contribution < 1.29 is 19.4 Å². The van der Waals surface area contributed by atoms with Crippen molar-refractivity contribution in [2.45, 2.75) is 37.8 Å². The maximum atomic E-state index is 12.6. The number of hydrogen-bond acceptors (Lipinski definition) is 4. The van der Waals surface area contributed by atoms with Gasteiger partial charge in [0, 0.05) is 12.6 Å². The molecule has 0 spiro atoms. The monoisotopic (exact) mass is 270 g/mol. The van der Waals surface area contributed by atoms with Crippen molar-refractivity contribution in [2.24, 2.45) is 5.92 Å². The van der Waals surface area contributed by atoms with Gasteiger partial charge < -0.3 is 20.1 Å². The van der Waals surface area contributed by atoms with Crippen LogP contribution in [-0.2, 0) is 14.3 Å². The first-order valence-corrected chi connectivity index (χ1v) is 6.93. The molecule has 108 valence electrons. The highest BCUT2D eigenvalue weighted by molar-refractivity contribution is 5.86. The zero-order chi connectivity index (χ0) is 13.8. The number of nitrogens with zero attached hydrogens (tertiary/aromatic N) is 1. The third kappa shape index (κ3) is 3.06. The number of amides is 1. The Hall–Kier alpha value is -1.14. The summed E-state index contributed by atoms with van der Waals surface area (Å²) in [6.45, 7) is 1.44. The summed E-state index contributed by atoms with van der Waals surface area (Å²) in [6.07, 6.45) is 3.30. The Balaban J connectivity index is 2.12. The van der Waals surface area contributed by atoms with Crippen LogP contribution in [-0.4, -0.2) is 60.8 Å². The van der Waals surface area contributed by atoms with Gasteiger partial charge in [0.1, 0.15) is 6.04 Å². The largest absolute Gasteiger partial charge is 0.480 e. The fraction of sp³-hybridized carbons (Fsp3) is 0.846. The second-order valence-electron chi connectivity index (χ2n) is 5.27. The quantitative estimate of drug-likeness (QED) is 0.759. The van der Waals surface area contributed by atoms with Crippen LogP contribution in [0.2, 0.25) is 0 Å². The fourth-order valence-electron chi connectivity index (χ4n) is 2.92. The number of carbonyl (C=O) groups is 2. The summed E-state index contributed by atoms with van der Waals surface area (Å²) in [5.74, 6) is -1.23. The summed E-state index contributed by atoms with van der Waals surface area (Å²) in [6, 6.07) is -0.682. The lowest BCUT2D eigenvalue weighted by atomic mass is 10.0. The van der Waals surface area contributed by atoms with E-state index in [4.69, 9.17) is 4.74 Å². The maximum absolute atomic E-state index is 12.6. The highest BCUT2D eigenvalue weighted by Crippen LogP contribution is 2.23. The summed E-state index contributed by atoms with van der Waals surface area (Å²) in [7, 11) is 1.80. The molecule has 1 amide bonds. The standard InChI is InChI=1S/C13H22N2O4/c1-14-10-8-19-7-9(10)12(16)15-6-4-2-3-5-11(15)13(17)18/h9-11,14H,2-8H2,1H3,(H,17,18). The van der Waals surface area contributed by atoms with E-state index in [1.165, 1.54) is 0 Å². The van der Waals surface area contributed by atoms with Gasteiger partial charge in [0.05, 0.1) is 19.1 Å². The van der Waals surface area contributed by atoms with Crippen LogP contribution < -0.4 is 5.32 Å². The number of carboxylic acid groups (broad SMARTS) is 1. The summed E-state index contributed by atoms with van der Waals surface area (Å²) in [4.78, 5) is 25.5. The zero-order valence-electron chi connectivity index (χ0n) is 11.3. The number of carbonyl (C=O) groups excluding carboxylic acids is 1. The highest BCUT2D eigenvalue weighted by atomic mass is 16.5. The van der Waals surface area contributed by atoms with Gasteiger partial charge in [-0.15, -0.1) is 0 Å². The SMILES string of the molecule is CNC1COCC1C(=O)N1CCCCCC1C(=O)O. The van der Waals surface area contributed by atoms with Gasteiger partial charge >= 0.3 is 5.97 Å². The van der Waals surface area contributed by atoms with Gasteiger partial charge in [-0.2, -0.15) is 0 Å². The molecule has 2 N–H and O–H groups in total. The smallest absolute Gasteiger partial charge is 0.326 e. The molecule has 2 fully saturated rings. The summed E-state index contributed by atoms with van der Waals surface area (Å²) in [5, 5.41) is 12.4. The molecule has 6 nitrogen and oxygen atoms in total. The number of rotatable bonds is 3. The Bertz CT molecular complexity index is 348. The molecule has 2 aliphatic heterocycles. The fourth-order valence-corrected chi connectivity index (χ4v) is 2.92. The zero-order valence-corrected chi connectivity index (χ0v) is 11.3. The van der Waals surface area contributed by atoms with E-state index in [-0.39, 0.29) is 17.9 Å². The molecule has 0 aromatic heterocycles. The minimum absolute atomic E-state index is 0.00908. The van der Waals surface area contributed by atoms with Crippen LogP contribution in [0.1, 0.15) is 25.7 Å². The lowest BCUT2D eigenvalue weighted by Gasteiger charge is -2.30. The highest BCUT2D eigenvalue weighted by Gasteiger charge is 2.39. The molecule has 0 aromatic rings. The Labute approximate surface area is 113 Å². The molecule has 19 heavy (non-hydrogen) atoms. The van der Waals surface area contributed by atoms with E-state index in [9.17, 15) is 14.7 Å². The number of aliphatic carboxylic acids is 1. The molecule has 0 aromatic carbocycles. The Kier molecular flexibility index (Phi) is 4.76. The van der Waals surface area contributed by atoms with Gasteiger partial charge in [0.25, 0.3) is 0 Å². The summed E-state index contributed by atoms with van der Waals surface area (Å²) in [5.41, 5.74) is 0. The Morgan fingerprint density at radius 3 is 2.74 bits per heavy atom. The van der Waals surface area contributed by atoms with Crippen molar-refractivity contribution in [1.29, 1.82) is 0 Å². The normalized spacial score (nSPS) is 32.1. The maximum Gasteiger partial charge on any atom is 0.326 e. The van der Waals surface area contributed by atoms with E-state index in [2.05, 4.69) is 5.32 Å². The molecule has 0 bridgehead atoms. The number of hydrogen-bond donors (Lipinski definition) is 2. The topological polar surface area (TPSA) is 78.9 Å². The van der Waals surface area contributed by atoms with E-state index in [1.807, 2.05) is 0 Å². The van der Waals surface area contributed by atoms with Gasteiger partial charge in [-0.3, -0.25) is 4.79 Å². The van der Waals surface area contributed by atoms with E-state index in [0.717, 1.165) is 19.3 Å². The second-order valence-corrected chi connectivity index (χ2v) is 5.27. The minimum Gasteiger partial charge on any atom is -0.480 e. The number of likely N-dealkylation sites (tertiary alicyclic amines) is 1. The molecule has 2 saturated heterocycles. The number of carboxylic acids is 1. The molecular weight excluding hydrogens is 248 g/mol. The van der Waals surface area contributed by atoms with Gasteiger partial charge in [-0.05, 0) is 19.9 Å². The van der Waals surface area contributed by atoms with Crippen molar-refractivity contribution in [3.8, 4) is 0 Å². The third-order valence-corrected chi connectivity index (χ3v) is 4.09. The average Bonchev–Trinajstić information content (AvgIpc) is 2.73. The molecular formula is C13H22N2O4. The van der Waals surface area contributed by atoms with Gasteiger partial charge in [0.2, 0.25) is 5.91 Å². The van der Waals surface area contributed by atoms with Crippen molar-refractivity contribution in [2.75, 3.05) is 26.8 Å². The van der Waals surface area contributed by atoms with Crippen LogP contribution in [0, 0.1) is 5.92 Å². The molecule has 0 saturated carbocycles. The number of nitrogens with one attached hydrogen (secondary N) is 1. The molecule has 3 unspecified atom stereocenters. The van der Waals surface area contributed by atoms with Crippen LogP contribution in [0.3, 0.4) is 0 Å². The van der Waals surface area contributed by atoms with Crippen LogP contribution >= 0.6 is 0 Å². The van der Waals surface area contributed by atoms with Crippen molar-refractivity contribution in [3.05, 3.63) is 0 Å². The van der Waals surface area contributed by atoms with Gasteiger partial charge in [-0.1, -0.05) is 12.8 Å². The minimum atomic E-state index is -0.893. The van der Waals surface area contributed by atoms with Crippen molar-refractivity contribution in [3.63, 3.8) is 0 Å². The second kappa shape index (κ2) is 6.34. The summed E-state index contributed by atoms with van der Waals surface area (Å²) >= 11 is 0. The Morgan fingerprint density at radius 1 is 1.26 bits per heavy atom. The van der Waals surface area contributed by atoms with Crippen LogP contribution in [0.5, 0.6) is 0 Å². The third-order valence-electron chi connectivity index (χ3n) is 4.09. The number of likely N-dealkylation sites (N-methyl/N-ethyl adjacent to an activating group) is 1. The van der Waals surface area contributed by atoms with Crippen LogP contribution in [0.25, 0.3) is 0 Å². The van der Waals surface area contributed by atoms with E-state index < -0.39 is 12.0 Å². The van der Waals surface area contributed by atoms with Gasteiger partial charge in [-0.25, -0.2) is 4.79 Å². The van der Waals surface area contributed by atoms with Gasteiger partial charge in [0.15, 0.2) is 0 Å². The predicted octanol–water partition coefficient (Wildman–Crippen LogP) is 0.0766. The van der Waals surface area contributed by atoms with Crippen molar-refractivity contribution >= 4 is 11.9 Å². The van der Waals surface area contributed by atoms with Crippen molar-refractivity contribution in [1.82, 2.24) is 10.2 Å². The number of ether oxygens (including phenoxy) is 1. The van der Waals surface area contributed by atoms with Crippen LogP contribution in [0.15, 0.2) is 0 Å².